The topological polar surface area (TPSA) is 174 Å². The maximum Gasteiger partial charge on any atom is 0.329 e. The van der Waals surface area contributed by atoms with E-state index in [9.17, 15) is 14.4 Å². The summed E-state index contributed by atoms with van der Waals surface area (Å²) in [4.78, 5) is 52.4. The molecule has 1 aromatic carbocycles. The van der Waals surface area contributed by atoms with E-state index < -0.39 is 6.03 Å². The first-order valence-corrected chi connectivity index (χ1v) is 20.1. The average Bonchev–Trinajstić information content (AvgIpc) is 3.63. The second-order valence-electron chi connectivity index (χ2n) is 15.1. The zero-order chi connectivity index (χ0) is 38.8. The number of urea groups is 1. The minimum Gasteiger partial charge on any atom is -0.490 e. The molecule has 3 aromatic heterocycles. The van der Waals surface area contributed by atoms with Gasteiger partial charge in [-0.1, -0.05) is 11.6 Å². The van der Waals surface area contributed by atoms with Crippen LogP contribution in [0.4, 0.5) is 16.4 Å². The van der Waals surface area contributed by atoms with Gasteiger partial charge < -0.3 is 24.4 Å². The highest BCUT2D eigenvalue weighted by atomic mass is 35.5. The Morgan fingerprint density at radius 3 is 2.41 bits per heavy atom. The van der Waals surface area contributed by atoms with Gasteiger partial charge in [0.05, 0.1) is 22.1 Å². The zero-order valence-corrected chi connectivity index (χ0v) is 32.4. The van der Waals surface area contributed by atoms with Crippen molar-refractivity contribution in [1.29, 1.82) is 5.26 Å². The molecule has 15 nitrogen and oxygen atoms in total. The molecule has 0 atom stereocenters. The lowest BCUT2D eigenvalue weighted by Crippen LogP contribution is -2.50. The third kappa shape index (κ3) is 8.37. The Morgan fingerprint density at radius 2 is 1.71 bits per heavy atom. The van der Waals surface area contributed by atoms with Gasteiger partial charge in [0.15, 0.2) is 17.3 Å². The number of aromatic nitrogens is 5. The third-order valence-electron chi connectivity index (χ3n) is 11.5. The van der Waals surface area contributed by atoms with Gasteiger partial charge in [-0.05, 0) is 99.2 Å². The number of amides is 4. The summed E-state index contributed by atoms with van der Waals surface area (Å²) in [5.41, 5.74) is 1.43. The Kier molecular flexibility index (Phi) is 11.2. The number of piperidine rings is 2. The SMILES string of the molecule is N#Cc1ccc(O[C@H]2CC[C@H](NC(=O)c3ccc(N4CCC(CN5CCC(n6ccc7c(N8CCC(=O)NC8=O)nc(Cl)nc76)CC5)CC4)nn3)CC2)cc1Cl. The number of ether oxygens (including phenoxy) is 1. The molecule has 1 aliphatic carbocycles. The number of carbonyl (C=O) groups excluding carboxylic acids is 3. The Bertz CT molecular complexity index is 2130. The maximum absolute atomic E-state index is 13.0. The molecule has 4 aliphatic rings. The van der Waals surface area contributed by atoms with Crippen LogP contribution in [-0.2, 0) is 4.79 Å². The van der Waals surface area contributed by atoms with Gasteiger partial charge in [-0.25, -0.2) is 4.79 Å². The average molecular weight is 801 g/mol. The lowest BCUT2D eigenvalue weighted by Gasteiger charge is -2.38. The van der Waals surface area contributed by atoms with Gasteiger partial charge in [0.1, 0.15) is 17.5 Å². The number of anilines is 2. The van der Waals surface area contributed by atoms with Gasteiger partial charge in [0.25, 0.3) is 5.91 Å². The first-order valence-electron chi connectivity index (χ1n) is 19.3. The number of likely N-dealkylation sites (tertiary alicyclic amines) is 1. The molecule has 1 saturated carbocycles. The van der Waals surface area contributed by atoms with Crippen molar-refractivity contribution in [2.75, 3.05) is 49.1 Å². The molecular weight excluding hydrogens is 757 g/mol. The van der Waals surface area contributed by atoms with Crippen LogP contribution in [0.1, 0.15) is 79.9 Å². The Hall–Kier alpha value is -5.04. The van der Waals surface area contributed by atoms with E-state index in [1.807, 2.05) is 18.3 Å². The maximum atomic E-state index is 13.0. The molecule has 2 N–H and O–H groups in total. The molecule has 8 rings (SSSR count). The van der Waals surface area contributed by atoms with Crippen LogP contribution in [0.15, 0.2) is 42.6 Å². The quantitative estimate of drug-likeness (QED) is 0.204. The molecule has 3 saturated heterocycles. The van der Waals surface area contributed by atoms with E-state index in [1.54, 1.807) is 24.3 Å². The van der Waals surface area contributed by atoms with Crippen LogP contribution in [0.5, 0.6) is 5.75 Å². The van der Waals surface area contributed by atoms with E-state index in [4.69, 9.17) is 33.2 Å². The van der Waals surface area contributed by atoms with Crippen LogP contribution in [0.3, 0.4) is 0 Å². The number of imide groups is 1. The van der Waals surface area contributed by atoms with E-state index in [2.05, 4.69) is 51.2 Å². The van der Waals surface area contributed by atoms with Crippen molar-refractivity contribution in [1.82, 2.24) is 40.3 Å². The fraction of sp³-hybridized carbons (Fsp3) is 0.487. The fourth-order valence-electron chi connectivity index (χ4n) is 8.40. The van der Waals surface area contributed by atoms with Crippen LogP contribution in [0.2, 0.25) is 10.3 Å². The highest BCUT2D eigenvalue weighted by Crippen LogP contribution is 2.34. The van der Waals surface area contributed by atoms with Crippen molar-refractivity contribution < 1.29 is 19.1 Å². The number of carbonyl (C=O) groups is 3. The Labute approximate surface area is 334 Å². The number of fused-ring (bicyclic) bond motifs is 1. The minimum atomic E-state index is -0.498. The van der Waals surface area contributed by atoms with Gasteiger partial charge >= 0.3 is 6.03 Å². The highest BCUT2D eigenvalue weighted by molar-refractivity contribution is 6.31. The van der Waals surface area contributed by atoms with Crippen molar-refractivity contribution in [2.24, 2.45) is 5.92 Å². The van der Waals surface area contributed by atoms with Gasteiger partial charge in [-0.3, -0.25) is 19.8 Å². The van der Waals surface area contributed by atoms with Crippen LogP contribution in [0.25, 0.3) is 11.0 Å². The molecular formula is C39H43Cl2N11O4. The second kappa shape index (κ2) is 16.6. The zero-order valence-electron chi connectivity index (χ0n) is 30.9. The van der Waals surface area contributed by atoms with Gasteiger partial charge in [0, 0.05) is 70.0 Å². The number of nitrogens with one attached hydrogen (secondary N) is 2. The summed E-state index contributed by atoms with van der Waals surface area (Å²) in [5, 5.41) is 24.5. The van der Waals surface area contributed by atoms with E-state index in [-0.39, 0.29) is 48.3 Å². The Balaban J connectivity index is 0.768. The van der Waals surface area contributed by atoms with Crippen LogP contribution in [0, 0.1) is 17.2 Å². The molecule has 4 aromatic rings. The van der Waals surface area contributed by atoms with Gasteiger partial charge in [-0.15, -0.1) is 10.2 Å². The van der Waals surface area contributed by atoms with Crippen molar-refractivity contribution in [3.05, 3.63) is 64.2 Å². The van der Waals surface area contributed by atoms with Gasteiger partial charge in [-0.2, -0.15) is 15.2 Å². The minimum absolute atomic E-state index is 0.0271. The van der Waals surface area contributed by atoms with Crippen LogP contribution >= 0.6 is 23.2 Å². The monoisotopic (exact) mass is 799 g/mol. The van der Waals surface area contributed by atoms with Crippen molar-refractivity contribution in [3.8, 4) is 11.8 Å². The molecule has 4 amide bonds. The summed E-state index contributed by atoms with van der Waals surface area (Å²) in [5.74, 6) is 1.94. The van der Waals surface area contributed by atoms with E-state index in [0.29, 0.717) is 39.4 Å². The number of hydrogen-bond donors (Lipinski definition) is 2. The van der Waals surface area contributed by atoms with E-state index in [1.165, 1.54) is 4.90 Å². The summed E-state index contributed by atoms with van der Waals surface area (Å²) in [7, 11) is 0. The van der Waals surface area contributed by atoms with E-state index >= 15 is 0 Å². The summed E-state index contributed by atoms with van der Waals surface area (Å²) >= 11 is 12.5. The molecule has 0 bridgehead atoms. The smallest absolute Gasteiger partial charge is 0.329 e. The normalized spacial score (nSPS) is 21.5. The standard InChI is InChI=1S/C39H43Cl2N11O4/c40-31-21-29(4-1-25(31)22-42)56-28-5-2-26(3-6-28)43-37(54)32-7-8-33(48-47-32)50-17-9-24(10-18-50)23-49-15-11-27(12-16-49)51-19-13-30-35(51)45-38(41)46-36(30)52-20-14-34(53)44-39(52)55/h1,4,7-8,13,19,21,24,26-28H,2-3,5-6,9-12,14-18,20,23H2,(H,43,54)(H,44,53,55)/t26-,28-. The molecule has 56 heavy (non-hydrogen) atoms. The molecule has 4 fully saturated rings. The molecule has 6 heterocycles. The first-order chi connectivity index (χ1) is 27.2. The third-order valence-corrected chi connectivity index (χ3v) is 12.0. The molecule has 0 radical (unpaired) electrons. The first kappa shape index (κ1) is 37.9. The van der Waals surface area contributed by atoms with Crippen molar-refractivity contribution in [2.45, 2.75) is 76.0 Å². The second-order valence-corrected chi connectivity index (χ2v) is 15.8. The van der Waals surface area contributed by atoms with E-state index in [0.717, 1.165) is 95.3 Å². The van der Waals surface area contributed by atoms with Crippen molar-refractivity contribution in [3.63, 3.8) is 0 Å². The number of nitrogens with zero attached hydrogens (tertiary/aromatic N) is 9. The molecule has 292 valence electrons. The number of nitriles is 1. The number of benzene rings is 1. The molecule has 17 heteroatoms. The van der Waals surface area contributed by atoms with Crippen LogP contribution < -0.4 is 25.2 Å². The van der Waals surface area contributed by atoms with Crippen LogP contribution in [-0.4, -0.2) is 98.9 Å². The number of rotatable bonds is 9. The predicted octanol–water partition coefficient (Wildman–Crippen LogP) is 5.52. The van der Waals surface area contributed by atoms with Gasteiger partial charge in [0.2, 0.25) is 11.2 Å². The predicted molar refractivity (Wildman–Crippen MR) is 210 cm³/mol. The lowest BCUT2D eigenvalue weighted by atomic mass is 9.92. The summed E-state index contributed by atoms with van der Waals surface area (Å²) < 4.78 is 8.24. The lowest BCUT2D eigenvalue weighted by molar-refractivity contribution is -0.120. The molecule has 3 aliphatic heterocycles. The number of halogens is 2. The molecule has 0 unspecified atom stereocenters. The summed E-state index contributed by atoms with van der Waals surface area (Å²) in [6.45, 7) is 5.03. The fourth-order valence-corrected chi connectivity index (χ4v) is 8.77. The summed E-state index contributed by atoms with van der Waals surface area (Å²) in [6.07, 6.45) is 9.48. The highest BCUT2D eigenvalue weighted by Gasteiger charge is 2.31. The Morgan fingerprint density at radius 1 is 0.929 bits per heavy atom. The molecule has 0 spiro atoms. The van der Waals surface area contributed by atoms with Crippen molar-refractivity contribution >= 4 is 63.7 Å². The summed E-state index contributed by atoms with van der Waals surface area (Å²) in [6, 6.07) is 12.5. The number of hydrogen-bond acceptors (Lipinski definition) is 11. The largest absolute Gasteiger partial charge is 0.490 e.